The maximum absolute atomic E-state index is 13.3. The molecule has 4 heterocycles. The van der Waals surface area contributed by atoms with Crippen molar-refractivity contribution in [2.24, 2.45) is 5.41 Å². The third kappa shape index (κ3) is 38.3. The second-order valence-corrected chi connectivity index (χ2v) is 21.2. The number of carbonyl (C=O) groups is 12. The average molecular weight is 1310 g/mol. The van der Waals surface area contributed by atoms with Crippen molar-refractivity contribution in [3.63, 3.8) is 0 Å². The molecule has 0 aliphatic rings. The molecule has 0 unspecified atom stereocenters. The molecule has 0 aliphatic carbocycles. The van der Waals surface area contributed by atoms with Gasteiger partial charge in [0, 0.05) is 25.7 Å². The van der Waals surface area contributed by atoms with Gasteiger partial charge in [0.05, 0.1) is 103 Å². The second-order valence-electron chi connectivity index (χ2n) is 21.2. The van der Waals surface area contributed by atoms with E-state index in [9.17, 15) is 57.5 Å². The summed E-state index contributed by atoms with van der Waals surface area (Å²) in [4.78, 5) is 150. The van der Waals surface area contributed by atoms with Gasteiger partial charge in [0.1, 0.15) is 81.3 Å². The first-order valence-electron chi connectivity index (χ1n) is 31.0. The van der Waals surface area contributed by atoms with E-state index in [2.05, 4.69) is 0 Å². The average Bonchev–Trinajstić information content (AvgIpc) is 2.24. The van der Waals surface area contributed by atoms with Gasteiger partial charge in [-0.15, -0.1) is 0 Å². The van der Waals surface area contributed by atoms with E-state index in [0.29, 0.717) is 100 Å². The number of carbonyl (C=O) groups excluding carboxylic acids is 12. The van der Waals surface area contributed by atoms with Crippen molar-refractivity contribution < 1.29 is 132 Å². The Balaban J connectivity index is 1.28. The van der Waals surface area contributed by atoms with Crippen LogP contribution in [0.4, 0.5) is 0 Å². The molecule has 4 aromatic rings. The Labute approximate surface area is 537 Å². The highest BCUT2D eigenvalue weighted by Gasteiger charge is 2.38. The molecular weight excluding hydrogens is 1230 g/mol. The van der Waals surface area contributed by atoms with Crippen molar-refractivity contribution in [2.75, 3.05) is 52.9 Å². The van der Waals surface area contributed by atoms with Gasteiger partial charge < -0.3 is 74.5 Å². The van der Waals surface area contributed by atoms with Crippen LogP contribution in [0.5, 0.6) is 0 Å². The highest BCUT2D eigenvalue weighted by Crippen LogP contribution is 2.24. The minimum atomic E-state index is -1.63. The van der Waals surface area contributed by atoms with E-state index in [1.807, 2.05) is 0 Å². The van der Waals surface area contributed by atoms with E-state index in [1.165, 1.54) is 25.1 Å². The van der Waals surface area contributed by atoms with Gasteiger partial charge in [-0.1, -0.05) is 0 Å². The zero-order valence-corrected chi connectivity index (χ0v) is 52.3. The largest absolute Gasteiger partial charge is 0.466 e. The third-order valence-corrected chi connectivity index (χ3v) is 13.3. The molecule has 28 heteroatoms. The van der Waals surface area contributed by atoms with Crippen LogP contribution in [0.2, 0.25) is 0 Å². The lowest BCUT2D eigenvalue weighted by atomic mass is 9.92. The molecule has 4 rings (SSSR count). The molecule has 28 nitrogen and oxygen atoms in total. The van der Waals surface area contributed by atoms with E-state index >= 15 is 0 Å². The zero-order chi connectivity index (χ0) is 67.0. The maximum Gasteiger partial charge on any atom is 0.306 e. The Morgan fingerprint density at radius 2 is 0.430 bits per heavy atom. The Kier molecular flexibility index (Phi) is 38.3. The highest BCUT2D eigenvalue weighted by molar-refractivity contribution is 5.79. The zero-order valence-electron chi connectivity index (χ0n) is 52.3. The quantitative estimate of drug-likeness (QED) is 0.0226. The smallest absolute Gasteiger partial charge is 0.306 e. The summed E-state index contributed by atoms with van der Waals surface area (Å²) in [5, 5.41) is 0. The van der Waals surface area contributed by atoms with Crippen LogP contribution in [0.1, 0.15) is 177 Å². The van der Waals surface area contributed by atoms with Gasteiger partial charge in [-0.2, -0.15) is 0 Å². The molecule has 512 valence electrons. The molecule has 0 aliphatic heterocycles. The fourth-order valence-electron chi connectivity index (χ4n) is 7.99. The monoisotopic (exact) mass is 1310 g/mol. The summed E-state index contributed by atoms with van der Waals surface area (Å²) in [6.45, 7) is -2.39. The van der Waals surface area contributed by atoms with Gasteiger partial charge >= 0.3 is 71.6 Å². The maximum atomic E-state index is 13.3. The summed E-state index contributed by atoms with van der Waals surface area (Å²) < 4.78 is 84.4. The lowest BCUT2D eigenvalue weighted by Gasteiger charge is -2.31. The van der Waals surface area contributed by atoms with Crippen LogP contribution < -0.4 is 0 Å². The van der Waals surface area contributed by atoms with Crippen molar-refractivity contribution in [1.29, 1.82) is 0 Å². The third-order valence-electron chi connectivity index (χ3n) is 13.3. The Morgan fingerprint density at radius 3 is 0.624 bits per heavy atom. The Hall–Kier alpha value is -9.24. The van der Waals surface area contributed by atoms with Gasteiger partial charge in [0.2, 0.25) is 0 Å². The van der Waals surface area contributed by atoms with Crippen LogP contribution in [0.25, 0.3) is 0 Å². The van der Waals surface area contributed by atoms with Crippen LogP contribution in [0.15, 0.2) is 91.3 Å². The first kappa shape index (κ1) is 76.2. The predicted molar refractivity (Wildman–Crippen MR) is 315 cm³/mol. The van der Waals surface area contributed by atoms with Crippen LogP contribution >= 0.6 is 0 Å². The van der Waals surface area contributed by atoms with Gasteiger partial charge in [-0.25, -0.2) is 0 Å². The van der Waals surface area contributed by atoms with E-state index in [-0.39, 0.29) is 130 Å². The molecule has 0 N–H and O–H groups in total. The summed E-state index contributed by atoms with van der Waals surface area (Å²) in [5.74, 6) is -5.84. The van der Waals surface area contributed by atoms with E-state index < -0.39 is 103 Å². The molecule has 0 bridgehead atoms. The summed E-state index contributed by atoms with van der Waals surface area (Å²) in [6.07, 6.45) is 8.15. The molecule has 0 fully saturated rings. The molecule has 0 amide bonds. The molecule has 0 spiro atoms. The van der Waals surface area contributed by atoms with Crippen LogP contribution in [0.3, 0.4) is 0 Å². The fourth-order valence-corrected chi connectivity index (χ4v) is 7.99. The first-order valence-corrected chi connectivity index (χ1v) is 31.0. The molecule has 0 aromatic carbocycles. The molecule has 0 saturated carbocycles. The number of unbranched alkanes of at least 4 members (excludes halogenated alkanes) is 8. The number of hydrogen-bond donors (Lipinski definition) is 0. The lowest BCUT2D eigenvalue weighted by Crippen LogP contribution is -2.44. The van der Waals surface area contributed by atoms with E-state index in [4.69, 9.17) is 74.5 Å². The topological polar surface area (TPSA) is 368 Å². The summed E-state index contributed by atoms with van der Waals surface area (Å²) in [6, 6.07) is 13.1. The lowest BCUT2D eigenvalue weighted by molar-refractivity contribution is -0.171. The number of rotatable bonds is 52. The number of esters is 12. The van der Waals surface area contributed by atoms with Crippen LogP contribution in [-0.2, 0) is 141 Å². The van der Waals surface area contributed by atoms with Gasteiger partial charge in [-0.05, 0) is 126 Å². The fraction of sp³-hybridized carbons (Fsp3) is 0.569. The number of ether oxygens (including phenoxy) is 12. The molecule has 0 radical (unpaired) electrons. The second kappa shape index (κ2) is 46.8. The number of hydrogen-bond acceptors (Lipinski definition) is 28. The van der Waals surface area contributed by atoms with E-state index in [1.54, 1.807) is 48.5 Å². The molecule has 0 saturated heterocycles. The van der Waals surface area contributed by atoms with Crippen molar-refractivity contribution in [2.45, 2.75) is 181 Å². The van der Waals surface area contributed by atoms with Crippen LogP contribution in [-0.4, -0.2) is 124 Å². The van der Waals surface area contributed by atoms with Crippen molar-refractivity contribution >= 4 is 71.6 Å². The molecule has 0 atom stereocenters. The molecule has 4 aromatic heterocycles. The SMILES string of the molecule is O=C(CCC(=O)OCc1ccco1)OCCCCCC(=O)OCC(COC(=O)CCCCCOC(=O)CCC(=O)OCc1ccco1)(COC(=O)CCCCCOC(=O)CCC(=O)OCc1ccco1)COC(=O)CCCCCOC(=O)CCC(=O)OCc1ccco1. The Morgan fingerprint density at radius 1 is 0.237 bits per heavy atom. The van der Waals surface area contributed by atoms with Crippen molar-refractivity contribution in [3.8, 4) is 0 Å². The molecular formula is C65H84O28. The van der Waals surface area contributed by atoms with Crippen molar-refractivity contribution in [3.05, 3.63) is 96.6 Å². The van der Waals surface area contributed by atoms with Gasteiger partial charge in [-0.3, -0.25) is 57.5 Å². The van der Waals surface area contributed by atoms with Gasteiger partial charge in [0.15, 0.2) is 0 Å². The summed E-state index contributed by atoms with van der Waals surface area (Å²) in [5.41, 5.74) is -1.63. The van der Waals surface area contributed by atoms with Gasteiger partial charge in [0.25, 0.3) is 0 Å². The predicted octanol–water partition coefficient (Wildman–Crippen LogP) is 9.03. The minimum Gasteiger partial charge on any atom is -0.466 e. The summed E-state index contributed by atoms with van der Waals surface area (Å²) in [7, 11) is 0. The minimum absolute atomic E-state index is 0.0187. The molecule has 93 heavy (non-hydrogen) atoms. The highest BCUT2D eigenvalue weighted by atomic mass is 16.6. The normalized spacial score (nSPS) is 10.9. The van der Waals surface area contributed by atoms with Crippen LogP contribution in [0, 0.1) is 5.41 Å². The summed E-state index contributed by atoms with van der Waals surface area (Å²) >= 11 is 0. The first-order chi connectivity index (χ1) is 45.0. The van der Waals surface area contributed by atoms with E-state index in [0.717, 1.165) is 0 Å². The number of furan rings is 4. The van der Waals surface area contributed by atoms with Crippen molar-refractivity contribution in [1.82, 2.24) is 0 Å². The standard InChI is InChI=1S/C65H84O28/c66-53(21-5-1-9-33-82-57(70)25-29-61(74)86-41-49-17-13-37-78-49)90-45-65(46-91-54(67)22-6-2-10-34-83-58(71)26-30-62(75)87-42-50-18-14-38-79-50,47-92-55(68)23-7-3-11-35-84-59(72)27-31-63(76)88-43-51-19-15-39-80-51)48-93-56(69)24-8-4-12-36-85-60(73)28-32-64(77)89-44-52-20-16-40-81-52/h13-20,37-40H,1-12,21-36,41-48H2. The Bertz CT molecular complexity index is 2430.